The van der Waals surface area contributed by atoms with E-state index in [2.05, 4.69) is 15.2 Å². The van der Waals surface area contributed by atoms with Gasteiger partial charge in [-0.25, -0.2) is 13.4 Å². The Bertz CT molecular complexity index is 592. The summed E-state index contributed by atoms with van der Waals surface area (Å²) in [4.78, 5) is 18.4. The maximum absolute atomic E-state index is 11.8. The summed E-state index contributed by atoms with van der Waals surface area (Å²) >= 11 is 0. The van der Waals surface area contributed by atoms with Crippen molar-refractivity contribution in [1.82, 2.24) is 4.98 Å². The van der Waals surface area contributed by atoms with Gasteiger partial charge in [0, 0.05) is 19.3 Å². The van der Waals surface area contributed by atoms with Crippen molar-refractivity contribution < 1.29 is 13.2 Å². The maximum Gasteiger partial charge on any atom is 0.242 e. The summed E-state index contributed by atoms with van der Waals surface area (Å²) < 4.78 is 22.7. The Labute approximate surface area is 125 Å². The predicted molar refractivity (Wildman–Crippen MR) is 83.2 cm³/mol. The molecule has 0 radical (unpaired) electrons. The van der Waals surface area contributed by atoms with Gasteiger partial charge < -0.3 is 10.2 Å². The molecule has 0 bridgehead atoms. The number of rotatable bonds is 4. The van der Waals surface area contributed by atoms with Gasteiger partial charge in [-0.2, -0.15) is 0 Å². The minimum atomic E-state index is -3.39. The molecule has 1 aliphatic heterocycles. The van der Waals surface area contributed by atoms with Crippen molar-refractivity contribution in [1.29, 1.82) is 0 Å². The minimum Gasteiger partial charge on any atom is -0.357 e. The molecular formula is C14H21N3O3S. The number of aromatic nitrogens is 1. The number of sulfone groups is 1. The van der Waals surface area contributed by atoms with Gasteiger partial charge in [0.2, 0.25) is 5.91 Å². The second kappa shape index (κ2) is 6.43. The topological polar surface area (TPSA) is 79.4 Å². The zero-order valence-corrected chi connectivity index (χ0v) is 13.2. The molecule has 21 heavy (non-hydrogen) atoms. The molecule has 0 aliphatic carbocycles. The first kappa shape index (κ1) is 15.8. The second-order valence-electron chi connectivity index (χ2n) is 5.41. The molecule has 2 rings (SSSR count). The van der Waals surface area contributed by atoms with Crippen LogP contribution in [0.15, 0.2) is 18.3 Å². The molecule has 1 atom stereocenters. The number of amides is 1. The van der Waals surface area contributed by atoms with Crippen LogP contribution in [-0.4, -0.2) is 43.9 Å². The van der Waals surface area contributed by atoms with E-state index in [1.165, 1.54) is 26.2 Å². The molecule has 1 fully saturated rings. The van der Waals surface area contributed by atoms with Gasteiger partial charge in [-0.15, -0.1) is 0 Å². The molecule has 1 aliphatic rings. The lowest BCUT2D eigenvalue weighted by Crippen LogP contribution is -2.32. The largest absolute Gasteiger partial charge is 0.357 e. The first-order valence-corrected chi connectivity index (χ1v) is 9.04. The lowest BCUT2D eigenvalue weighted by atomic mass is 10.1. The molecule has 1 amide bonds. The summed E-state index contributed by atoms with van der Waals surface area (Å²) in [6.07, 6.45) is 6.22. The fourth-order valence-corrected chi connectivity index (χ4v) is 2.66. The molecule has 7 heteroatoms. The van der Waals surface area contributed by atoms with Crippen molar-refractivity contribution in [3.8, 4) is 0 Å². The highest BCUT2D eigenvalue weighted by Crippen LogP contribution is 2.19. The fourth-order valence-electron chi connectivity index (χ4n) is 2.21. The average molecular weight is 311 g/mol. The van der Waals surface area contributed by atoms with Crippen LogP contribution in [0.4, 0.5) is 11.5 Å². The number of nitrogens with one attached hydrogen (secondary N) is 1. The van der Waals surface area contributed by atoms with Crippen LogP contribution in [0, 0.1) is 0 Å². The van der Waals surface area contributed by atoms with Gasteiger partial charge in [0.25, 0.3) is 0 Å². The Balaban J connectivity index is 2.00. The quantitative estimate of drug-likeness (QED) is 0.910. The number of pyridine rings is 1. The smallest absolute Gasteiger partial charge is 0.242 e. The molecule has 116 valence electrons. The Kier molecular flexibility index (Phi) is 4.82. The number of anilines is 2. The third-order valence-corrected chi connectivity index (χ3v) is 5.21. The zero-order chi connectivity index (χ0) is 15.5. The number of hydrogen-bond acceptors (Lipinski definition) is 5. The Hall–Kier alpha value is -1.63. The molecule has 1 saturated heterocycles. The van der Waals surface area contributed by atoms with Crippen molar-refractivity contribution in [2.24, 2.45) is 0 Å². The number of nitrogens with zero attached hydrogens (tertiary/aromatic N) is 2. The summed E-state index contributed by atoms with van der Waals surface area (Å²) in [5.41, 5.74) is 0.510. The lowest BCUT2D eigenvalue weighted by molar-refractivity contribution is -0.115. The number of hydrogen-bond donors (Lipinski definition) is 1. The van der Waals surface area contributed by atoms with Gasteiger partial charge in [0.15, 0.2) is 9.84 Å². The molecule has 1 aromatic heterocycles. The molecule has 1 N–H and O–H groups in total. The summed E-state index contributed by atoms with van der Waals surface area (Å²) in [5, 5.41) is 1.51. The zero-order valence-electron chi connectivity index (χ0n) is 12.4. The van der Waals surface area contributed by atoms with E-state index in [9.17, 15) is 13.2 Å². The lowest BCUT2D eigenvalue weighted by Gasteiger charge is -2.27. The van der Waals surface area contributed by atoms with Gasteiger partial charge in [0.05, 0.1) is 11.9 Å². The highest BCUT2D eigenvalue weighted by molar-refractivity contribution is 7.92. The number of carbonyl (C=O) groups excluding carboxylic acids is 1. The molecule has 0 spiro atoms. The molecule has 6 nitrogen and oxygen atoms in total. The Morgan fingerprint density at radius 1 is 1.29 bits per heavy atom. The molecule has 2 heterocycles. The Morgan fingerprint density at radius 2 is 1.95 bits per heavy atom. The van der Waals surface area contributed by atoms with E-state index in [1.54, 1.807) is 12.3 Å². The first-order chi connectivity index (χ1) is 9.88. The van der Waals surface area contributed by atoms with Crippen molar-refractivity contribution in [2.75, 3.05) is 29.6 Å². The summed E-state index contributed by atoms with van der Waals surface area (Å²) in [6.45, 7) is 3.38. The molecule has 0 saturated carbocycles. The molecule has 0 unspecified atom stereocenters. The van der Waals surface area contributed by atoms with Crippen molar-refractivity contribution in [2.45, 2.75) is 31.4 Å². The third-order valence-electron chi connectivity index (χ3n) is 3.71. The number of carbonyl (C=O) groups is 1. The monoisotopic (exact) mass is 311 g/mol. The van der Waals surface area contributed by atoms with E-state index in [0.29, 0.717) is 5.69 Å². The van der Waals surface area contributed by atoms with E-state index in [-0.39, 0.29) is 0 Å². The van der Waals surface area contributed by atoms with Crippen LogP contribution in [0.2, 0.25) is 0 Å². The van der Waals surface area contributed by atoms with Crippen LogP contribution in [-0.2, 0) is 14.6 Å². The van der Waals surface area contributed by atoms with Crippen LogP contribution < -0.4 is 10.2 Å². The molecule has 1 aromatic rings. The van der Waals surface area contributed by atoms with Gasteiger partial charge in [0.1, 0.15) is 11.1 Å². The van der Waals surface area contributed by atoms with Crippen molar-refractivity contribution >= 4 is 27.2 Å². The maximum atomic E-state index is 11.8. The van der Waals surface area contributed by atoms with Crippen LogP contribution in [0.3, 0.4) is 0 Å². The van der Waals surface area contributed by atoms with Crippen LogP contribution in [0.5, 0.6) is 0 Å². The number of piperidine rings is 1. The SMILES string of the molecule is C[C@H](C(=O)Nc1ccc(N2CCCCC2)nc1)S(C)(=O)=O. The van der Waals surface area contributed by atoms with Crippen molar-refractivity contribution in [3.63, 3.8) is 0 Å². The van der Waals surface area contributed by atoms with Gasteiger partial charge in [-0.05, 0) is 38.3 Å². The first-order valence-electron chi connectivity index (χ1n) is 7.08. The Morgan fingerprint density at radius 3 is 2.48 bits per heavy atom. The van der Waals surface area contributed by atoms with Gasteiger partial charge in [-0.1, -0.05) is 0 Å². The normalized spacial score (nSPS) is 17.3. The second-order valence-corrected chi connectivity index (χ2v) is 7.78. The van der Waals surface area contributed by atoms with Gasteiger partial charge in [-0.3, -0.25) is 4.79 Å². The van der Waals surface area contributed by atoms with Gasteiger partial charge >= 0.3 is 0 Å². The van der Waals surface area contributed by atoms with Crippen LogP contribution in [0.1, 0.15) is 26.2 Å². The van der Waals surface area contributed by atoms with E-state index in [1.807, 2.05) is 6.07 Å². The van der Waals surface area contributed by atoms with E-state index in [4.69, 9.17) is 0 Å². The highest BCUT2D eigenvalue weighted by atomic mass is 32.2. The highest BCUT2D eigenvalue weighted by Gasteiger charge is 2.23. The molecule has 0 aromatic carbocycles. The molecular weight excluding hydrogens is 290 g/mol. The van der Waals surface area contributed by atoms with Crippen LogP contribution in [0.25, 0.3) is 0 Å². The predicted octanol–water partition coefficient (Wildman–Crippen LogP) is 1.44. The van der Waals surface area contributed by atoms with Crippen molar-refractivity contribution in [3.05, 3.63) is 18.3 Å². The minimum absolute atomic E-state index is 0.510. The summed E-state index contributed by atoms with van der Waals surface area (Å²) in [6, 6.07) is 3.61. The standard InChI is InChI=1S/C14H21N3O3S/c1-11(21(2,19)20)14(18)16-12-6-7-13(15-10-12)17-8-4-3-5-9-17/h6-7,10-11H,3-5,8-9H2,1-2H3,(H,16,18)/t11-/m1/s1. The summed E-state index contributed by atoms with van der Waals surface area (Å²) in [5.74, 6) is 0.355. The third kappa shape index (κ3) is 4.17. The van der Waals surface area contributed by atoms with E-state index < -0.39 is 21.0 Å². The van der Waals surface area contributed by atoms with E-state index in [0.717, 1.165) is 25.2 Å². The fraction of sp³-hybridized carbons (Fsp3) is 0.571. The van der Waals surface area contributed by atoms with Crippen LogP contribution >= 0.6 is 0 Å². The average Bonchev–Trinajstić information content (AvgIpc) is 2.47. The van der Waals surface area contributed by atoms with E-state index >= 15 is 0 Å². The summed E-state index contributed by atoms with van der Waals surface area (Å²) in [7, 11) is -3.39.